The van der Waals surface area contributed by atoms with Gasteiger partial charge in [-0.05, 0) is 61.4 Å². The molecule has 0 radical (unpaired) electrons. The van der Waals surface area contributed by atoms with Gasteiger partial charge in [-0.3, -0.25) is 9.52 Å². The van der Waals surface area contributed by atoms with E-state index in [1.165, 1.54) is 48.5 Å². The summed E-state index contributed by atoms with van der Waals surface area (Å²) >= 11 is 0. The summed E-state index contributed by atoms with van der Waals surface area (Å²) in [5.41, 5.74) is 1.27. The predicted molar refractivity (Wildman–Crippen MR) is 122 cm³/mol. The van der Waals surface area contributed by atoms with Crippen molar-refractivity contribution in [2.45, 2.75) is 18.2 Å². The van der Waals surface area contributed by atoms with Gasteiger partial charge in [0, 0.05) is 19.2 Å². The molecule has 1 N–H and O–H groups in total. The van der Waals surface area contributed by atoms with Crippen molar-refractivity contribution < 1.29 is 22.3 Å². The van der Waals surface area contributed by atoms with Crippen LogP contribution in [0.15, 0.2) is 77.7 Å². The Morgan fingerprint density at radius 2 is 1.66 bits per heavy atom. The first-order chi connectivity index (χ1) is 15.3. The highest BCUT2D eigenvalue weighted by molar-refractivity contribution is 7.92. The Bertz CT molecular complexity index is 1180. The van der Waals surface area contributed by atoms with Crippen LogP contribution in [0.25, 0.3) is 0 Å². The molecular weight excluding hydrogens is 431 g/mol. The van der Waals surface area contributed by atoms with E-state index < -0.39 is 15.8 Å². The van der Waals surface area contributed by atoms with Crippen molar-refractivity contribution in [2.24, 2.45) is 0 Å². The number of carbonyl (C=O) groups is 1. The third-order valence-corrected chi connectivity index (χ3v) is 6.25. The molecular formula is C24H25FN2O4S. The zero-order valence-corrected chi connectivity index (χ0v) is 18.7. The quantitative estimate of drug-likeness (QED) is 0.482. The second-order valence-electron chi connectivity index (χ2n) is 7.30. The molecule has 3 aromatic carbocycles. The van der Waals surface area contributed by atoms with Gasteiger partial charge in [0.1, 0.15) is 11.6 Å². The summed E-state index contributed by atoms with van der Waals surface area (Å²) in [5.74, 6) is -0.0786. The van der Waals surface area contributed by atoms with Crippen molar-refractivity contribution in [1.82, 2.24) is 4.90 Å². The van der Waals surface area contributed by atoms with E-state index in [4.69, 9.17) is 4.74 Å². The number of anilines is 1. The number of carbonyl (C=O) groups excluding carboxylic acids is 1. The van der Waals surface area contributed by atoms with Crippen LogP contribution < -0.4 is 9.46 Å². The molecule has 0 fully saturated rings. The Labute approximate surface area is 187 Å². The summed E-state index contributed by atoms with van der Waals surface area (Å²) in [4.78, 5) is 14.1. The largest absolute Gasteiger partial charge is 0.493 e. The second-order valence-corrected chi connectivity index (χ2v) is 8.99. The van der Waals surface area contributed by atoms with Crippen LogP contribution in [0.4, 0.5) is 10.1 Å². The van der Waals surface area contributed by atoms with Crippen molar-refractivity contribution in [3.05, 3.63) is 89.7 Å². The molecule has 0 bridgehead atoms. The zero-order chi connectivity index (χ0) is 23.1. The van der Waals surface area contributed by atoms with Crippen molar-refractivity contribution in [1.29, 1.82) is 0 Å². The van der Waals surface area contributed by atoms with Gasteiger partial charge in [0.25, 0.3) is 15.9 Å². The van der Waals surface area contributed by atoms with Gasteiger partial charge in [-0.2, -0.15) is 0 Å². The molecule has 0 aliphatic heterocycles. The van der Waals surface area contributed by atoms with Gasteiger partial charge >= 0.3 is 0 Å². The van der Waals surface area contributed by atoms with E-state index in [-0.39, 0.29) is 16.5 Å². The molecule has 1 amide bonds. The molecule has 0 heterocycles. The van der Waals surface area contributed by atoms with Crippen LogP contribution in [0.2, 0.25) is 0 Å². The van der Waals surface area contributed by atoms with Gasteiger partial charge in [0.2, 0.25) is 0 Å². The number of para-hydroxylation sites is 2. The third-order valence-electron chi connectivity index (χ3n) is 4.87. The summed E-state index contributed by atoms with van der Waals surface area (Å²) in [6.45, 7) is 2.93. The Kier molecular flexibility index (Phi) is 7.48. The zero-order valence-electron chi connectivity index (χ0n) is 17.9. The van der Waals surface area contributed by atoms with Gasteiger partial charge in [-0.25, -0.2) is 12.8 Å². The van der Waals surface area contributed by atoms with Crippen LogP contribution in [-0.2, 0) is 10.0 Å². The number of nitrogens with one attached hydrogen (secondary N) is 1. The van der Waals surface area contributed by atoms with Crippen LogP contribution >= 0.6 is 0 Å². The van der Waals surface area contributed by atoms with Crippen LogP contribution in [0, 0.1) is 12.7 Å². The molecule has 32 heavy (non-hydrogen) atoms. The first-order valence-corrected chi connectivity index (χ1v) is 11.6. The Hall–Kier alpha value is -3.39. The number of halogens is 1. The number of rotatable bonds is 9. The average molecular weight is 457 g/mol. The number of sulfonamides is 1. The number of amides is 1. The molecule has 0 unspecified atom stereocenters. The minimum absolute atomic E-state index is 0.0633. The number of hydrogen-bond acceptors (Lipinski definition) is 4. The molecule has 0 atom stereocenters. The predicted octanol–water partition coefficient (Wildman–Crippen LogP) is 4.48. The molecule has 0 aliphatic carbocycles. The molecule has 0 saturated carbocycles. The number of hydrogen-bond donors (Lipinski definition) is 1. The van der Waals surface area contributed by atoms with E-state index >= 15 is 0 Å². The summed E-state index contributed by atoms with van der Waals surface area (Å²) in [6.07, 6.45) is 0.648. The highest BCUT2D eigenvalue weighted by Gasteiger charge is 2.18. The average Bonchev–Trinajstić information content (AvgIpc) is 2.78. The number of nitrogens with zero attached hydrogens (tertiary/aromatic N) is 1. The molecule has 0 aromatic heterocycles. The molecule has 0 saturated heterocycles. The van der Waals surface area contributed by atoms with Gasteiger partial charge < -0.3 is 9.64 Å². The standard InChI is InChI=1S/C24H25FN2O4S/c1-18-8-3-6-11-23(18)31-17-7-16-27(2)24(28)19-12-14-20(15-13-19)32(29,30)26-22-10-5-4-9-21(22)25/h3-6,8-15,26H,7,16-17H2,1-2H3. The number of benzene rings is 3. The Balaban J connectivity index is 1.55. The normalized spacial score (nSPS) is 11.1. The van der Waals surface area contributed by atoms with Crippen LogP contribution in [0.5, 0.6) is 5.75 Å². The van der Waals surface area contributed by atoms with Crippen molar-refractivity contribution in [3.63, 3.8) is 0 Å². The fraction of sp³-hybridized carbons (Fsp3) is 0.208. The lowest BCUT2D eigenvalue weighted by molar-refractivity contribution is 0.0787. The highest BCUT2D eigenvalue weighted by Crippen LogP contribution is 2.20. The van der Waals surface area contributed by atoms with E-state index in [1.807, 2.05) is 31.2 Å². The molecule has 6 nitrogen and oxygen atoms in total. The first kappa shape index (κ1) is 23.3. The topological polar surface area (TPSA) is 75.7 Å². The molecule has 0 aliphatic rings. The van der Waals surface area contributed by atoms with Crippen molar-refractivity contribution in [2.75, 3.05) is 24.9 Å². The maximum Gasteiger partial charge on any atom is 0.261 e. The second kappa shape index (κ2) is 10.3. The molecule has 3 aromatic rings. The van der Waals surface area contributed by atoms with Crippen molar-refractivity contribution >= 4 is 21.6 Å². The molecule has 0 spiro atoms. The number of aryl methyl sites for hydroxylation is 1. The van der Waals surface area contributed by atoms with E-state index in [2.05, 4.69) is 4.72 Å². The summed E-state index contributed by atoms with van der Waals surface area (Å²) in [5, 5.41) is 0. The molecule has 8 heteroatoms. The van der Waals surface area contributed by atoms with E-state index in [9.17, 15) is 17.6 Å². The molecule has 3 rings (SSSR count). The SMILES string of the molecule is Cc1ccccc1OCCCN(C)C(=O)c1ccc(S(=O)(=O)Nc2ccccc2F)cc1. The van der Waals surface area contributed by atoms with Gasteiger partial charge in [-0.15, -0.1) is 0 Å². The van der Waals surface area contributed by atoms with E-state index in [0.717, 1.165) is 11.3 Å². The van der Waals surface area contributed by atoms with Crippen LogP contribution in [0.3, 0.4) is 0 Å². The van der Waals surface area contributed by atoms with Crippen molar-refractivity contribution in [3.8, 4) is 5.75 Å². The lowest BCUT2D eigenvalue weighted by Gasteiger charge is -2.18. The van der Waals surface area contributed by atoms with Gasteiger partial charge in [0.05, 0.1) is 17.2 Å². The summed E-state index contributed by atoms with van der Waals surface area (Å²) in [7, 11) is -2.30. The molecule has 168 valence electrons. The van der Waals surface area contributed by atoms with Gasteiger partial charge in [-0.1, -0.05) is 30.3 Å². The van der Waals surface area contributed by atoms with Crippen LogP contribution in [-0.4, -0.2) is 39.4 Å². The monoisotopic (exact) mass is 456 g/mol. The van der Waals surface area contributed by atoms with E-state index in [1.54, 1.807) is 11.9 Å². The maximum atomic E-state index is 13.8. The minimum atomic E-state index is -3.98. The Morgan fingerprint density at radius 1 is 1.00 bits per heavy atom. The van der Waals surface area contributed by atoms with E-state index in [0.29, 0.717) is 25.1 Å². The smallest absolute Gasteiger partial charge is 0.261 e. The lowest BCUT2D eigenvalue weighted by Crippen LogP contribution is -2.28. The fourth-order valence-electron chi connectivity index (χ4n) is 3.05. The highest BCUT2D eigenvalue weighted by atomic mass is 32.2. The van der Waals surface area contributed by atoms with Crippen LogP contribution in [0.1, 0.15) is 22.3 Å². The summed E-state index contributed by atoms with van der Waals surface area (Å²) < 4.78 is 46.7. The lowest BCUT2D eigenvalue weighted by atomic mass is 10.2. The van der Waals surface area contributed by atoms with Gasteiger partial charge in [0.15, 0.2) is 0 Å². The summed E-state index contributed by atoms with van der Waals surface area (Å²) in [6, 6.07) is 18.8. The number of ether oxygens (including phenoxy) is 1. The Morgan fingerprint density at radius 3 is 2.34 bits per heavy atom. The minimum Gasteiger partial charge on any atom is -0.493 e. The third kappa shape index (κ3) is 5.85. The fourth-order valence-corrected chi connectivity index (χ4v) is 4.12. The first-order valence-electron chi connectivity index (χ1n) is 10.1. The maximum absolute atomic E-state index is 13.8.